The SMILES string of the molecule is Cn1c(CNC2CCCCCC2)nc2ccccc21. The first-order valence-corrected chi connectivity index (χ1v) is 7.48. The smallest absolute Gasteiger partial charge is 0.123 e. The van der Waals surface area contributed by atoms with Gasteiger partial charge in [-0.3, -0.25) is 0 Å². The normalized spacial score (nSPS) is 17.7. The molecule has 0 radical (unpaired) electrons. The van der Waals surface area contributed by atoms with Crippen LogP contribution < -0.4 is 5.32 Å². The highest BCUT2D eigenvalue weighted by Crippen LogP contribution is 2.18. The summed E-state index contributed by atoms with van der Waals surface area (Å²) >= 11 is 0. The maximum Gasteiger partial charge on any atom is 0.123 e. The van der Waals surface area contributed by atoms with Crippen LogP contribution >= 0.6 is 0 Å². The molecule has 1 N–H and O–H groups in total. The van der Waals surface area contributed by atoms with Crippen molar-refractivity contribution in [3.63, 3.8) is 0 Å². The Labute approximate surface area is 115 Å². The molecule has 1 aromatic carbocycles. The molecule has 3 nitrogen and oxygen atoms in total. The van der Waals surface area contributed by atoms with Crippen molar-refractivity contribution >= 4 is 11.0 Å². The zero-order valence-electron chi connectivity index (χ0n) is 11.7. The van der Waals surface area contributed by atoms with Crippen molar-refractivity contribution in [3.05, 3.63) is 30.1 Å². The van der Waals surface area contributed by atoms with Crippen LogP contribution in [0.3, 0.4) is 0 Å². The number of hydrogen-bond acceptors (Lipinski definition) is 2. The Kier molecular flexibility index (Phi) is 3.83. The van der Waals surface area contributed by atoms with Crippen molar-refractivity contribution in [2.45, 2.75) is 51.1 Å². The molecule has 1 aliphatic carbocycles. The molecule has 0 saturated heterocycles. The van der Waals surface area contributed by atoms with Gasteiger partial charge in [-0.15, -0.1) is 0 Å². The fraction of sp³-hybridized carbons (Fsp3) is 0.562. The average Bonchev–Trinajstić information content (AvgIpc) is 2.63. The summed E-state index contributed by atoms with van der Waals surface area (Å²) in [6.07, 6.45) is 8.21. The van der Waals surface area contributed by atoms with Crippen LogP contribution in [0.15, 0.2) is 24.3 Å². The van der Waals surface area contributed by atoms with Crippen LogP contribution in [0.25, 0.3) is 11.0 Å². The molecule has 19 heavy (non-hydrogen) atoms. The summed E-state index contributed by atoms with van der Waals surface area (Å²) in [5, 5.41) is 3.70. The lowest BCUT2D eigenvalue weighted by molar-refractivity contribution is 0.450. The second-order valence-corrected chi connectivity index (χ2v) is 5.65. The molecule has 1 fully saturated rings. The molecule has 1 saturated carbocycles. The Morgan fingerprint density at radius 3 is 2.63 bits per heavy atom. The van der Waals surface area contributed by atoms with Gasteiger partial charge in [0, 0.05) is 13.1 Å². The number of imidazole rings is 1. The molecule has 102 valence electrons. The summed E-state index contributed by atoms with van der Waals surface area (Å²) in [5.74, 6) is 1.14. The van der Waals surface area contributed by atoms with Gasteiger partial charge in [-0.25, -0.2) is 4.98 Å². The van der Waals surface area contributed by atoms with Crippen molar-refractivity contribution in [2.75, 3.05) is 0 Å². The lowest BCUT2D eigenvalue weighted by Crippen LogP contribution is -2.29. The summed E-state index contributed by atoms with van der Waals surface area (Å²) in [7, 11) is 2.11. The molecule has 2 aromatic rings. The van der Waals surface area contributed by atoms with Gasteiger partial charge < -0.3 is 9.88 Å². The van der Waals surface area contributed by atoms with Gasteiger partial charge in [-0.05, 0) is 25.0 Å². The van der Waals surface area contributed by atoms with Crippen LogP contribution in [0.5, 0.6) is 0 Å². The monoisotopic (exact) mass is 257 g/mol. The summed E-state index contributed by atoms with van der Waals surface area (Å²) < 4.78 is 2.21. The molecule has 1 aliphatic rings. The predicted molar refractivity (Wildman–Crippen MR) is 79.0 cm³/mol. The quantitative estimate of drug-likeness (QED) is 0.854. The third kappa shape index (κ3) is 2.81. The minimum atomic E-state index is 0.683. The van der Waals surface area contributed by atoms with Crippen molar-refractivity contribution in [1.82, 2.24) is 14.9 Å². The molecule has 0 aliphatic heterocycles. The van der Waals surface area contributed by atoms with E-state index in [1.54, 1.807) is 0 Å². The molecule has 0 spiro atoms. The molecular formula is C16H23N3. The zero-order valence-corrected chi connectivity index (χ0v) is 11.7. The first-order chi connectivity index (χ1) is 9.34. The van der Waals surface area contributed by atoms with Gasteiger partial charge in [0.15, 0.2) is 0 Å². The Balaban J connectivity index is 1.69. The molecule has 0 bridgehead atoms. The maximum atomic E-state index is 4.72. The number of para-hydroxylation sites is 2. The highest BCUT2D eigenvalue weighted by molar-refractivity contribution is 5.75. The van der Waals surface area contributed by atoms with Crippen LogP contribution in [0.1, 0.15) is 44.3 Å². The second kappa shape index (κ2) is 5.74. The Hall–Kier alpha value is -1.35. The standard InChI is InChI=1S/C16H23N3/c1-19-15-11-7-6-10-14(15)18-16(19)12-17-13-8-4-2-3-5-9-13/h6-7,10-11,13,17H,2-5,8-9,12H2,1H3. The van der Waals surface area contributed by atoms with E-state index in [1.807, 2.05) is 0 Å². The summed E-state index contributed by atoms with van der Waals surface area (Å²) in [4.78, 5) is 4.72. The van der Waals surface area contributed by atoms with Gasteiger partial charge in [-0.2, -0.15) is 0 Å². The lowest BCUT2D eigenvalue weighted by Gasteiger charge is -2.15. The maximum absolute atomic E-state index is 4.72. The molecule has 3 rings (SSSR count). The zero-order chi connectivity index (χ0) is 13.1. The predicted octanol–water partition coefficient (Wildman–Crippen LogP) is 3.39. The second-order valence-electron chi connectivity index (χ2n) is 5.65. The van der Waals surface area contributed by atoms with Crippen molar-refractivity contribution in [2.24, 2.45) is 7.05 Å². The minimum absolute atomic E-state index is 0.683. The highest BCUT2D eigenvalue weighted by Gasteiger charge is 2.13. The van der Waals surface area contributed by atoms with E-state index >= 15 is 0 Å². The Bertz CT molecular complexity index is 536. The van der Waals surface area contributed by atoms with Gasteiger partial charge in [0.1, 0.15) is 5.82 Å². The van der Waals surface area contributed by atoms with E-state index in [9.17, 15) is 0 Å². The lowest BCUT2D eigenvalue weighted by atomic mass is 10.1. The Morgan fingerprint density at radius 2 is 1.89 bits per heavy atom. The first kappa shape index (κ1) is 12.7. The molecule has 0 unspecified atom stereocenters. The summed E-state index contributed by atoms with van der Waals surface area (Å²) in [5.41, 5.74) is 2.32. The fourth-order valence-electron chi connectivity index (χ4n) is 3.07. The van der Waals surface area contributed by atoms with Crippen LogP contribution in [-0.2, 0) is 13.6 Å². The number of aryl methyl sites for hydroxylation is 1. The van der Waals surface area contributed by atoms with Crippen LogP contribution in [-0.4, -0.2) is 15.6 Å². The van der Waals surface area contributed by atoms with Gasteiger partial charge >= 0.3 is 0 Å². The van der Waals surface area contributed by atoms with Crippen LogP contribution in [0.4, 0.5) is 0 Å². The number of nitrogens with one attached hydrogen (secondary N) is 1. The minimum Gasteiger partial charge on any atom is -0.330 e. The molecule has 0 amide bonds. The topological polar surface area (TPSA) is 29.9 Å². The van der Waals surface area contributed by atoms with Gasteiger partial charge in [-0.1, -0.05) is 37.8 Å². The fourth-order valence-corrected chi connectivity index (χ4v) is 3.07. The van der Waals surface area contributed by atoms with Crippen molar-refractivity contribution < 1.29 is 0 Å². The number of hydrogen-bond donors (Lipinski definition) is 1. The third-order valence-electron chi connectivity index (χ3n) is 4.28. The van der Waals surface area contributed by atoms with E-state index in [1.165, 1.54) is 44.0 Å². The number of fused-ring (bicyclic) bond motifs is 1. The molecule has 1 aromatic heterocycles. The summed E-state index contributed by atoms with van der Waals surface area (Å²) in [6, 6.07) is 9.04. The molecule has 3 heteroatoms. The Morgan fingerprint density at radius 1 is 1.16 bits per heavy atom. The number of nitrogens with zero attached hydrogens (tertiary/aromatic N) is 2. The van der Waals surface area contributed by atoms with Crippen molar-refractivity contribution in [3.8, 4) is 0 Å². The van der Waals surface area contributed by atoms with Crippen molar-refractivity contribution in [1.29, 1.82) is 0 Å². The van der Waals surface area contributed by atoms with E-state index in [-0.39, 0.29) is 0 Å². The summed E-state index contributed by atoms with van der Waals surface area (Å²) in [6.45, 7) is 0.885. The largest absolute Gasteiger partial charge is 0.330 e. The van der Waals surface area contributed by atoms with E-state index in [2.05, 4.69) is 41.2 Å². The molecular weight excluding hydrogens is 234 g/mol. The highest BCUT2D eigenvalue weighted by atomic mass is 15.1. The first-order valence-electron chi connectivity index (χ1n) is 7.48. The van der Waals surface area contributed by atoms with Crippen LogP contribution in [0, 0.1) is 0 Å². The van der Waals surface area contributed by atoms with E-state index < -0.39 is 0 Å². The third-order valence-corrected chi connectivity index (χ3v) is 4.28. The van der Waals surface area contributed by atoms with E-state index in [4.69, 9.17) is 4.98 Å². The number of rotatable bonds is 3. The molecule has 1 heterocycles. The number of aromatic nitrogens is 2. The van der Waals surface area contributed by atoms with Gasteiger partial charge in [0.2, 0.25) is 0 Å². The average molecular weight is 257 g/mol. The van der Waals surface area contributed by atoms with Crippen LogP contribution in [0.2, 0.25) is 0 Å². The van der Waals surface area contributed by atoms with E-state index in [0.29, 0.717) is 6.04 Å². The van der Waals surface area contributed by atoms with E-state index in [0.717, 1.165) is 17.9 Å². The number of benzene rings is 1. The molecule has 0 atom stereocenters. The van der Waals surface area contributed by atoms with Gasteiger partial charge in [0.05, 0.1) is 17.6 Å². The van der Waals surface area contributed by atoms with Gasteiger partial charge in [0.25, 0.3) is 0 Å².